The van der Waals surface area contributed by atoms with Crippen molar-refractivity contribution in [1.29, 1.82) is 0 Å². The van der Waals surface area contributed by atoms with Crippen LogP contribution in [0.5, 0.6) is 11.5 Å². The highest BCUT2D eigenvalue weighted by Crippen LogP contribution is 2.42. The molecule has 0 saturated carbocycles. The molecule has 4 amide bonds. The third kappa shape index (κ3) is 10.3. The van der Waals surface area contributed by atoms with E-state index < -0.39 is 17.6 Å². The maximum absolute atomic E-state index is 14.2. The number of amides is 4. The number of unbranched alkanes of at least 4 members (excludes halogenated alkanes) is 2. The fourth-order valence-corrected chi connectivity index (χ4v) is 6.56. The van der Waals surface area contributed by atoms with Gasteiger partial charge in [0.1, 0.15) is 17.2 Å². The highest BCUT2D eigenvalue weighted by molar-refractivity contribution is 6.13. The van der Waals surface area contributed by atoms with Crippen molar-refractivity contribution in [2.45, 2.75) is 84.5 Å². The van der Waals surface area contributed by atoms with Crippen molar-refractivity contribution < 1.29 is 38.5 Å². The summed E-state index contributed by atoms with van der Waals surface area (Å²) in [7, 11) is 3.11. The Morgan fingerprint density at radius 3 is 2.53 bits per heavy atom. The number of carbonyl (C=O) groups excluding carboxylic acids is 4. The number of carbonyl (C=O) groups is 4. The summed E-state index contributed by atoms with van der Waals surface area (Å²) in [4.78, 5) is 62.2. The molecule has 0 atom stereocenters. The Kier molecular flexibility index (Phi) is 13.4. The van der Waals surface area contributed by atoms with Crippen molar-refractivity contribution in [2.24, 2.45) is 0 Å². The fraction of sp³-hybridized carbons (Fsp3) is 0.439. The van der Waals surface area contributed by atoms with Gasteiger partial charge in [-0.15, -0.1) is 0 Å². The van der Waals surface area contributed by atoms with Crippen molar-refractivity contribution in [3.63, 3.8) is 0 Å². The SMILES string of the molecule is COc1c(-c2cccc3[nH]c(CNC(=O)OC(C)(C)C)nc23)ccc(C(=O)N(C)c2ccc(C)cc2OCCCCCC(=O)N2CCC(O)CC2)c1NC=O. The minimum atomic E-state index is -0.641. The predicted molar refractivity (Wildman–Crippen MR) is 211 cm³/mol. The number of hydrogen-bond donors (Lipinski definition) is 4. The quantitative estimate of drug-likeness (QED) is 0.0797. The lowest BCUT2D eigenvalue weighted by molar-refractivity contribution is -0.133. The monoisotopic (exact) mass is 756 g/mol. The number of likely N-dealkylation sites (tertiary alicyclic amines) is 1. The number of ether oxygens (including phenoxy) is 3. The fourth-order valence-electron chi connectivity index (χ4n) is 6.56. The summed E-state index contributed by atoms with van der Waals surface area (Å²) in [6, 6.07) is 14.6. The lowest BCUT2D eigenvalue weighted by Crippen LogP contribution is -2.39. The van der Waals surface area contributed by atoms with Gasteiger partial charge in [0.25, 0.3) is 5.91 Å². The lowest BCUT2D eigenvalue weighted by Gasteiger charge is -2.29. The van der Waals surface area contributed by atoms with Crippen LogP contribution in [0.15, 0.2) is 48.5 Å². The first-order valence-electron chi connectivity index (χ1n) is 18.6. The number of anilines is 2. The maximum atomic E-state index is 14.2. The molecule has 0 bridgehead atoms. The number of fused-ring (bicyclic) bond motifs is 1. The Morgan fingerprint density at radius 1 is 1.05 bits per heavy atom. The van der Waals surface area contributed by atoms with E-state index >= 15 is 0 Å². The summed E-state index contributed by atoms with van der Waals surface area (Å²) in [5.74, 6) is 1.04. The first-order valence-corrected chi connectivity index (χ1v) is 18.6. The Labute approximate surface area is 321 Å². The van der Waals surface area contributed by atoms with E-state index in [1.807, 2.05) is 48.2 Å². The molecule has 0 radical (unpaired) electrons. The number of nitrogens with one attached hydrogen (secondary N) is 3. The number of H-pyrrole nitrogens is 1. The van der Waals surface area contributed by atoms with Crippen molar-refractivity contribution in [2.75, 3.05) is 44.1 Å². The second-order valence-electron chi connectivity index (χ2n) is 14.7. The predicted octanol–water partition coefficient (Wildman–Crippen LogP) is 6.34. The van der Waals surface area contributed by atoms with Crippen LogP contribution in [0.1, 0.15) is 81.0 Å². The van der Waals surface area contributed by atoms with E-state index in [1.165, 1.54) is 12.0 Å². The normalized spacial score (nSPS) is 13.3. The molecule has 55 heavy (non-hydrogen) atoms. The van der Waals surface area contributed by atoms with Crippen LogP contribution >= 0.6 is 0 Å². The summed E-state index contributed by atoms with van der Waals surface area (Å²) in [6.45, 7) is 9.03. The van der Waals surface area contributed by atoms with Gasteiger partial charge in [0, 0.05) is 37.7 Å². The van der Waals surface area contributed by atoms with Crippen LogP contribution in [0, 0.1) is 6.92 Å². The maximum Gasteiger partial charge on any atom is 0.408 e. The zero-order chi connectivity index (χ0) is 39.7. The number of piperidine rings is 1. The third-order valence-electron chi connectivity index (χ3n) is 9.34. The molecule has 3 aromatic carbocycles. The number of rotatable bonds is 15. The van der Waals surface area contributed by atoms with Crippen molar-refractivity contribution >= 4 is 46.7 Å². The van der Waals surface area contributed by atoms with Gasteiger partial charge in [-0.3, -0.25) is 14.4 Å². The molecule has 1 aliphatic heterocycles. The number of nitrogens with zero attached hydrogens (tertiary/aromatic N) is 3. The molecule has 14 nitrogen and oxygen atoms in total. The van der Waals surface area contributed by atoms with Gasteiger partial charge in [-0.25, -0.2) is 9.78 Å². The van der Waals surface area contributed by atoms with Crippen molar-refractivity contribution in [1.82, 2.24) is 20.2 Å². The number of para-hydroxylation sites is 1. The summed E-state index contributed by atoms with van der Waals surface area (Å²) in [5.41, 5.74) is 3.84. The number of aryl methyl sites for hydroxylation is 1. The van der Waals surface area contributed by atoms with Gasteiger partial charge >= 0.3 is 6.09 Å². The van der Waals surface area contributed by atoms with Crippen LogP contribution in [0.3, 0.4) is 0 Å². The van der Waals surface area contributed by atoms with Crippen molar-refractivity contribution in [3.05, 3.63) is 65.5 Å². The molecule has 14 heteroatoms. The largest absolute Gasteiger partial charge is 0.494 e. The molecule has 0 unspecified atom stereocenters. The number of aromatic amines is 1. The Balaban J connectivity index is 1.31. The Bertz CT molecular complexity index is 2000. The molecule has 2 heterocycles. The molecule has 4 aromatic rings. The number of aliphatic hydroxyl groups excluding tert-OH is 1. The van der Waals surface area contributed by atoms with Crippen LogP contribution in [0.2, 0.25) is 0 Å². The highest BCUT2D eigenvalue weighted by Gasteiger charge is 2.26. The van der Waals surface area contributed by atoms with Crippen LogP contribution in [0.4, 0.5) is 16.2 Å². The van der Waals surface area contributed by atoms with Crippen LogP contribution in [-0.2, 0) is 20.9 Å². The topological polar surface area (TPSA) is 175 Å². The molecule has 1 aromatic heterocycles. The van der Waals surface area contributed by atoms with Gasteiger partial charge < -0.3 is 44.7 Å². The number of alkyl carbamates (subject to hydrolysis) is 1. The number of aromatic nitrogens is 2. The van der Waals surface area contributed by atoms with Crippen LogP contribution in [-0.4, -0.2) is 89.9 Å². The molecule has 294 valence electrons. The molecule has 1 saturated heterocycles. The van der Waals surface area contributed by atoms with Gasteiger partial charge in [-0.2, -0.15) is 0 Å². The van der Waals surface area contributed by atoms with Crippen LogP contribution < -0.4 is 25.0 Å². The van der Waals surface area contributed by atoms with E-state index in [1.54, 1.807) is 40.0 Å². The Morgan fingerprint density at radius 2 is 1.82 bits per heavy atom. The third-order valence-corrected chi connectivity index (χ3v) is 9.34. The summed E-state index contributed by atoms with van der Waals surface area (Å²) >= 11 is 0. The summed E-state index contributed by atoms with van der Waals surface area (Å²) in [6.07, 6.45) is 3.63. The number of aliphatic hydroxyl groups is 1. The minimum Gasteiger partial charge on any atom is -0.494 e. The van der Waals surface area contributed by atoms with E-state index in [0.717, 1.165) is 24.8 Å². The standard InChI is InChI=1S/C41H52N6O8/c1-26-14-17-32(33(23-26)54-22-9-7-8-13-35(50)47-20-18-27(49)19-21-47)46(5)39(51)30-16-15-29(38(53-6)37(30)43-25-48)28-11-10-12-31-36(28)45-34(44-31)24-42-40(52)55-41(2,3)4/h10-12,14-17,23,25,27,49H,7-9,13,18-22,24H2,1-6H3,(H,42,52)(H,43,48)(H,44,45). The van der Waals surface area contributed by atoms with Gasteiger partial charge in [0.05, 0.1) is 54.3 Å². The molecule has 0 aliphatic carbocycles. The summed E-state index contributed by atoms with van der Waals surface area (Å²) < 4.78 is 17.4. The first-order chi connectivity index (χ1) is 26.3. The van der Waals surface area contributed by atoms with Gasteiger partial charge in [0.15, 0.2) is 5.75 Å². The number of imidazole rings is 1. The zero-order valence-corrected chi connectivity index (χ0v) is 32.5. The van der Waals surface area contributed by atoms with Crippen LogP contribution in [0.25, 0.3) is 22.2 Å². The van der Waals surface area contributed by atoms with E-state index in [9.17, 15) is 24.3 Å². The van der Waals surface area contributed by atoms with Gasteiger partial charge in [0.2, 0.25) is 12.3 Å². The smallest absolute Gasteiger partial charge is 0.408 e. The highest BCUT2D eigenvalue weighted by atomic mass is 16.6. The average Bonchev–Trinajstić information content (AvgIpc) is 3.58. The number of hydrogen-bond acceptors (Lipinski definition) is 9. The number of methoxy groups -OCH3 is 1. The molecule has 5 rings (SSSR count). The van der Waals surface area contributed by atoms with E-state index in [0.29, 0.717) is 84.8 Å². The van der Waals surface area contributed by atoms with E-state index in [4.69, 9.17) is 19.2 Å². The van der Waals surface area contributed by atoms with Crippen molar-refractivity contribution in [3.8, 4) is 22.6 Å². The second-order valence-corrected chi connectivity index (χ2v) is 14.7. The van der Waals surface area contributed by atoms with E-state index in [2.05, 4.69) is 15.6 Å². The Hall–Kier alpha value is -5.63. The van der Waals surface area contributed by atoms with Gasteiger partial charge in [-0.1, -0.05) is 18.2 Å². The molecule has 1 fully saturated rings. The minimum absolute atomic E-state index is 0.107. The molecule has 1 aliphatic rings. The van der Waals surface area contributed by atoms with Gasteiger partial charge in [-0.05, 0) is 95.7 Å². The molecular weight excluding hydrogens is 704 g/mol. The first kappa shape index (κ1) is 40.6. The molecular formula is C41H52N6O8. The molecule has 4 N–H and O–H groups in total. The average molecular weight is 757 g/mol. The lowest BCUT2D eigenvalue weighted by atomic mass is 9.98. The second kappa shape index (κ2) is 18.1. The summed E-state index contributed by atoms with van der Waals surface area (Å²) in [5, 5.41) is 15.1. The number of benzene rings is 3. The van der Waals surface area contributed by atoms with E-state index in [-0.39, 0.29) is 35.6 Å². The molecule has 0 spiro atoms. The zero-order valence-electron chi connectivity index (χ0n) is 32.5.